The van der Waals surface area contributed by atoms with Crippen molar-refractivity contribution in [1.29, 1.82) is 0 Å². The van der Waals surface area contributed by atoms with Crippen LogP contribution in [0, 0.1) is 0 Å². The van der Waals surface area contributed by atoms with Gasteiger partial charge in [-0.25, -0.2) is 0 Å². The number of carboxylic acid groups (broad SMARTS) is 1. The highest BCUT2D eigenvalue weighted by Gasteiger charge is 2.24. The van der Waals surface area contributed by atoms with E-state index in [4.69, 9.17) is 9.47 Å². The van der Waals surface area contributed by atoms with Gasteiger partial charge in [0, 0.05) is 24.2 Å². The molecular formula is C35H36N2O7. The molecule has 0 bridgehead atoms. The maximum Gasteiger partial charge on any atom is 0.305 e. The number of aliphatic hydroxyl groups is 1. The van der Waals surface area contributed by atoms with Crippen LogP contribution in [-0.4, -0.2) is 66.8 Å². The Balaban J connectivity index is 1.63. The first-order valence-electron chi connectivity index (χ1n) is 14.2. The van der Waals surface area contributed by atoms with Crippen molar-refractivity contribution in [2.45, 2.75) is 18.9 Å². The van der Waals surface area contributed by atoms with E-state index in [9.17, 15) is 24.6 Å². The summed E-state index contributed by atoms with van der Waals surface area (Å²) in [4.78, 5) is 40.6. The molecule has 0 aliphatic rings. The van der Waals surface area contributed by atoms with Crippen LogP contribution in [0.25, 0.3) is 11.1 Å². The summed E-state index contributed by atoms with van der Waals surface area (Å²) in [6, 6.07) is 28.0. The van der Waals surface area contributed by atoms with Crippen molar-refractivity contribution in [3.63, 3.8) is 0 Å². The summed E-state index contributed by atoms with van der Waals surface area (Å²) in [5.41, 5.74) is 3.41. The first kappa shape index (κ1) is 31.8. The Hall–Kier alpha value is -5.15. The molecular weight excluding hydrogens is 560 g/mol. The predicted octanol–water partition coefficient (Wildman–Crippen LogP) is 4.99. The fraction of sp³-hybridized carbons (Fsp3) is 0.229. The van der Waals surface area contributed by atoms with Crippen molar-refractivity contribution >= 4 is 17.8 Å². The van der Waals surface area contributed by atoms with Gasteiger partial charge >= 0.3 is 5.97 Å². The summed E-state index contributed by atoms with van der Waals surface area (Å²) in [6.45, 7) is -0.0217. The minimum Gasteiger partial charge on any atom is -0.493 e. The lowest BCUT2D eigenvalue weighted by Crippen LogP contribution is -2.35. The second-order valence-corrected chi connectivity index (χ2v) is 10.1. The standard InChI is InChI=1S/C35H36N2O7/c1-43-31-17-16-24(22-32(31)44-2)18-20-37(21-19-33(39)40)35(42)29-15-9-7-13-27(29)26-12-6-8-14-28(26)34(41)36-30(23-38)25-10-4-3-5-11-25/h3-17,22,30,38H,18-21,23H2,1-2H3,(H,36,41)(H,39,40). The predicted molar refractivity (Wildman–Crippen MR) is 167 cm³/mol. The second kappa shape index (κ2) is 15.4. The molecule has 4 aromatic carbocycles. The second-order valence-electron chi connectivity index (χ2n) is 10.1. The lowest BCUT2D eigenvalue weighted by atomic mass is 9.94. The molecule has 1 atom stereocenters. The highest BCUT2D eigenvalue weighted by Crippen LogP contribution is 2.30. The molecule has 0 saturated carbocycles. The van der Waals surface area contributed by atoms with E-state index >= 15 is 0 Å². The normalized spacial score (nSPS) is 11.3. The zero-order valence-corrected chi connectivity index (χ0v) is 24.7. The molecule has 44 heavy (non-hydrogen) atoms. The summed E-state index contributed by atoms with van der Waals surface area (Å²) < 4.78 is 10.7. The van der Waals surface area contributed by atoms with Gasteiger partial charge in [-0.1, -0.05) is 72.8 Å². The lowest BCUT2D eigenvalue weighted by Gasteiger charge is -2.24. The molecule has 228 valence electrons. The zero-order valence-electron chi connectivity index (χ0n) is 24.7. The molecule has 4 rings (SSSR count). The Morgan fingerprint density at radius 3 is 2.02 bits per heavy atom. The van der Waals surface area contributed by atoms with E-state index in [-0.39, 0.29) is 32.0 Å². The summed E-state index contributed by atoms with van der Waals surface area (Å²) in [5.74, 6) is -0.622. The molecule has 9 heteroatoms. The quantitative estimate of drug-likeness (QED) is 0.187. The van der Waals surface area contributed by atoms with Gasteiger partial charge in [-0.2, -0.15) is 0 Å². The van der Waals surface area contributed by atoms with Crippen LogP contribution >= 0.6 is 0 Å². The molecule has 0 aromatic heterocycles. The van der Waals surface area contributed by atoms with Crippen LogP contribution in [0.15, 0.2) is 97.1 Å². The van der Waals surface area contributed by atoms with Crippen molar-refractivity contribution in [3.05, 3.63) is 119 Å². The number of carbonyl (C=O) groups is 3. The van der Waals surface area contributed by atoms with Gasteiger partial charge in [0.1, 0.15) is 0 Å². The number of amides is 2. The highest BCUT2D eigenvalue weighted by molar-refractivity contribution is 6.06. The van der Waals surface area contributed by atoms with E-state index in [2.05, 4.69) is 5.32 Å². The molecule has 0 radical (unpaired) electrons. The van der Waals surface area contributed by atoms with E-state index in [1.807, 2.05) is 42.5 Å². The maximum atomic E-state index is 14.0. The van der Waals surface area contributed by atoms with Crippen LogP contribution in [0.3, 0.4) is 0 Å². The van der Waals surface area contributed by atoms with Gasteiger partial charge in [0.05, 0.1) is 33.3 Å². The van der Waals surface area contributed by atoms with Gasteiger partial charge < -0.3 is 29.9 Å². The molecule has 0 saturated heterocycles. The third-order valence-corrected chi connectivity index (χ3v) is 7.31. The van der Waals surface area contributed by atoms with E-state index in [1.54, 1.807) is 68.8 Å². The molecule has 0 fully saturated rings. The molecule has 0 spiro atoms. The largest absolute Gasteiger partial charge is 0.493 e. The van der Waals surface area contributed by atoms with Gasteiger partial charge in [-0.15, -0.1) is 0 Å². The molecule has 1 unspecified atom stereocenters. The highest BCUT2D eigenvalue weighted by atomic mass is 16.5. The van der Waals surface area contributed by atoms with Crippen molar-refractivity contribution in [2.24, 2.45) is 0 Å². The molecule has 0 heterocycles. The van der Waals surface area contributed by atoms with Crippen molar-refractivity contribution in [3.8, 4) is 22.6 Å². The number of nitrogens with one attached hydrogen (secondary N) is 1. The van der Waals surface area contributed by atoms with E-state index < -0.39 is 17.9 Å². The smallest absolute Gasteiger partial charge is 0.305 e. The van der Waals surface area contributed by atoms with Crippen molar-refractivity contribution in [2.75, 3.05) is 33.9 Å². The van der Waals surface area contributed by atoms with Gasteiger partial charge in [0.15, 0.2) is 11.5 Å². The molecule has 0 aliphatic heterocycles. The van der Waals surface area contributed by atoms with Gasteiger partial charge in [0.25, 0.3) is 11.8 Å². The van der Waals surface area contributed by atoms with Crippen LogP contribution in [0.1, 0.15) is 44.3 Å². The van der Waals surface area contributed by atoms with E-state index in [0.29, 0.717) is 40.2 Å². The number of benzene rings is 4. The number of carbonyl (C=O) groups excluding carboxylic acids is 2. The topological polar surface area (TPSA) is 125 Å². The fourth-order valence-corrected chi connectivity index (χ4v) is 4.99. The van der Waals surface area contributed by atoms with Crippen molar-refractivity contribution in [1.82, 2.24) is 10.2 Å². The molecule has 0 aliphatic carbocycles. The minimum absolute atomic E-state index is 0.00712. The Labute approximate surface area is 256 Å². The maximum absolute atomic E-state index is 14.0. The zero-order chi connectivity index (χ0) is 31.5. The average Bonchev–Trinajstić information content (AvgIpc) is 3.06. The summed E-state index contributed by atoms with van der Waals surface area (Å²) >= 11 is 0. The summed E-state index contributed by atoms with van der Waals surface area (Å²) in [7, 11) is 3.10. The Kier molecular flexibility index (Phi) is 11.1. The van der Waals surface area contributed by atoms with Crippen LogP contribution in [0.5, 0.6) is 11.5 Å². The summed E-state index contributed by atoms with van der Waals surface area (Å²) in [6.07, 6.45) is 0.232. The molecule has 4 aromatic rings. The SMILES string of the molecule is COc1ccc(CCN(CCC(=O)O)C(=O)c2ccccc2-c2ccccc2C(=O)NC(CO)c2ccccc2)cc1OC. The molecule has 9 nitrogen and oxygen atoms in total. The van der Waals surface area contributed by atoms with Crippen LogP contribution in [0.2, 0.25) is 0 Å². The van der Waals surface area contributed by atoms with Gasteiger partial charge in [0.2, 0.25) is 0 Å². The number of hydrogen-bond acceptors (Lipinski definition) is 6. The first-order chi connectivity index (χ1) is 21.4. The van der Waals surface area contributed by atoms with Crippen molar-refractivity contribution < 1.29 is 34.1 Å². The minimum atomic E-state index is -1.01. The number of ether oxygens (including phenoxy) is 2. The van der Waals surface area contributed by atoms with E-state index in [0.717, 1.165) is 11.1 Å². The number of aliphatic carboxylic acids is 1. The Morgan fingerprint density at radius 2 is 1.39 bits per heavy atom. The number of hydrogen-bond donors (Lipinski definition) is 3. The molecule has 3 N–H and O–H groups in total. The average molecular weight is 597 g/mol. The third-order valence-electron chi connectivity index (χ3n) is 7.31. The molecule has 2 amide bonds. The Morgan fingerprint density at radius 1 is 0.773 bits per heavy atom. The van der Waals surface area contributed by atoms with Crippen LogP contribution < -0.4 is 14.8 Å². The third kappa shape index (κ3) is 7.81. The van der Waals surface area contributed by atoms with E-state index in [1.165, 1.54) is 4.90 Å². The van der Waals surface area contributed by atoms with Crippen LogP contribution in [-0.2, 0) is 11.2 Å². The van der Waals surface area contributed by atoms with Gasteiger partial charge in [-0.3, -0.25) is 14.4 Å². The fourth-order valence-electron chi connectivity index (χ4n) is 4.99. The number of methoxy groups -OCH3 is 2. The Bertz CT molecular complexity index is 1590. The number of nitrogens with zero attached hydrogens (tertiary/aromatic N) is 1. The van der Waals surface area contributed by atoms with Gasteiger partial charge in [-0.05, 0) is 52.9 Å². The number of aliphatic hydroxyl groups excluding tert-OH is 1. The number of carboxylic acids is 1. The summed E-state index contributed by atoms with van der Waals surface area (Å²) in [5, 5.41) is 22.3. The first-order valence-corrected chi connectivity index (χ1v) is 14.2. The van der Waals surface area contributed by atoms with Crippen LogP contribution in [0.4, 0.5) is 0 Å². The number of rotatable bonds is 14. The monoisotopic (exact) mass is 596 g/mol. The lowest BCUT2D eigenvalue weighted by molar-refractivity contribution is -0.137.